The van der Waals surface area contributed by atoms with E-state index in [9.17, 15) is 4.79 Å². The van der Waals surface area contributed by atoms with Crippen molar-refractivity contribution in [3.8, 4) is 5.95 Å². The van der Waals surface area contributed by atoms with Crippen LogP contribution in [0, 0.1) is 0 Å². The van der Waals surface area contributed by atoms with E-state index < -0.39 is 5.97 Å². The molecule has 0 radical (unpaired) electrons. The van der Waals surface area contributed by atoms with Gasteiger partial charge in [-0.1, -0.05) is 23.4 Å². The van der Waals surface area contributed by atoms with Crippen LogP contribution in [0.5, 0.6) is 5.95 Å². The first-order chi connectivity index (χ1) is 8.84. The first-order valence-corrected chi connectivity index (χ1v) is 6.09. The number of esters is 1. The van der Waals surface area contributed by atoms with Gasteiger partial charge in [-0.25, -0.2) is 4.79 Å². The maximum absolute atomic E-state index is 11.9. The molecule has 0 amide bonds. The Morgan fingerprint density at radius 3 is 2.78 bits per heavy atom. The van der Waals surface area contributed by atoms with Gasteiger partial charge in [-0.15, -0.1) is 0 Å². The van der Waals surface area contributed by atoms with Crippen molar-refractivity contribution in [2.24, 2.45) is 0 Å². The normalized spacial score (nSPS) is 14.0. The van der Waals surface area contributed by atoms with Gasteiger partial charge in [-0.2, -0.15) is 0 Å². The Bertz CT molecular complexity index is 560. The fourth-order valence-corrected chi connectivity index (χ4v) is 2.16. The molecule has 1 aromatic carbocycles. The molecule has 1 aliphatic carbocycles. The van der Waals surface area contributed by atoms with Crippen molar-refractivity contribution in [3.05, 3.63) is 47.2 Å². The van der Waals surface area contributed by atoms with Crippen LogP contribution in [0.4, 0.5) is 0 Å². The molecule has 0 saturated carbocycles. The molecule has 4 heteroatoms. The molecule has 0 N–H and O–H groups in total. The van der Waals surface area contributed by atoms with E-state index in [-0.39, 0.29) is 5.95 Å². The summed E-state index contributed by atoms with van der Waals surface area (Å²) in [4.78, 5) is 11.9. The Morgan fingerprint density at radius 1 is 1.17 bits per heavy atom. The zero-order chi connectivity index (χ0) is 12.4. The van der Waals surface area contributed by atoms with E-state index in [1.54, 1.807) is 24.3 Å². The monoisotopic (exact) mass is 243 g/mol. The molecule has 0 unspecified atom stereocenters. The maximum atomic E-state index is 11.9. The summed E-state index contributed by atoms with van der Waals surface area (Å²) in [7, 11) is 0. The van der Waals surface area contributed by atoms with Crippen molar-refractivity contribution in [3.63, 3.8) is 0 Å². The van der Waals surface area contributed by atoms with Crippen LogP contribution in [0.15, 0.2) is 34.9 Å². The summed E-state index contributed by atoms with van der Waals surface area (Å²) in [6, 6.07) is 8.88. The molecule has 0 aliphatic heterocycles. The number of carbonyl (C=O) groups excluding carboxylic acids is 1. The van der Waals surface area contributed by atoms with Crippen molar-refractivity contribution in [2.45, 2.75) is 25.7 Å². The summed E-state index contributed by atoms with van der Waals surface area (Å²) in [6.45, 7) is 0. The average Bonchev–Trinajstić information content (AvgIpc) is 2.83. The summed E-state index contributed by atoms with van der Waals surface area (Å²) in [5.74, 6) is -0.140. The number of benzene rings is 1. The van der Waals surface area contributed by atoms with E-state index in [4.69, 9.17) is 9.26 Å². The van der Waals surface area contributed by atoms with Gasteiger partial charge in [-0.05, 0) is 37.8 Å². The second kappa shape index (κ2) is 4.64. The van der Waals surface area contributed by atoms with E-state index >= 15 is 0 Å². The lowest BCUT2D eigenvalue weighted by atomic mass is 9.98. The predicted molar refractivity (Wildman–Crippen MR) is 64.5 cm³/mol. The van der Waals surface area contributed by atoms with E-state index in [1.165, 1.54) is 0 Å². The Hall–Kier alpha value is -2.10. The third-order valence-electron chi connectivity index (χ3n) is 3.12. The number of ether oxygens (including phenoxy) is 1. The lowest BCUT2D eigenvalue weighted by Gasteiger charge is -2.08. The van der Waals surface area contributed by atoms with Crippen LogP contribution in [0.1, 0.15) is 34.5 Å². The molecule has 1 aromatic heterocycles. The van der Waals surface area contributed by atoms with Crippen molar-refractivity contribution < 1.29 is 14.1 Å². The fourth-order valence-electron chi connectivity index (χ4n) is 2.16. The molecule has 0 spiro atoms. The summed E-state index contributed by atoms with van der Waals surface area (Å²) in [5, 5.41) is 3.95. The summed E-state index contributed by atoms with van der Waals surface area (Å²) >= 11 is 0. The molecule has 2 aromatic rings. The number of nitrogens with zero attached hydrogens (tertiary/aromatic N) is 1. The Balaban J connectivity index is 1.81. The molecule has 1 aliphatic rings. The van der Waals surface area contributed by atoms with Gasteiger partial charge < -0.3 is 9.26 Å². The highest BCUT2D eigenvalue weighted by Crippen LogP contribution is 2.29. The van der Waals surface area contributed by atoms with Crippen molar-refractivity contribution >= 4 is 5.97 Å². The maximum Gasteiger partial charge on any atom is 0.345 e. The van der Waals surface area contributed by atoms with E-state index in [2.05, 4.69) is 5.16 Å². The van der Waals surface area contributed by atoms with Crippen LogP contribution in [-0.2, 0) is 12.8 Å². The van der Waals surface area contributed by atoms with Gasteiger partial charge in [0.1, 0.15) is 0 Å². The molecular formula is C14H13NO3. The van der Waals surface area contributed by atoms with Crippen LogP contribution >= 0.6 is 0 Å². The molecule has 0 fully saturated rings. The van der Waals surface area contributed by atoms with Crippen molar-refractivity contribution in [1.29, 1.82) is 0 Å². The number of fused-ring (bicyclic) bond motifs is 1. The molecule has 18 heavy (non-hydrogen) atoms. The Morgan fingerprint density at radius 2 is 1.94 bits per heavy atom. The van der Waals surface area contributed by atoms with Gasteiger partial charge >= 0.3 is 11.9 Å². The van der Waals surface area contributed by atoms with Gasteiger partial charge in [0.05, 0.1) is 16.8 Å². The molecular weight excluding hydrogens is 230 g/mol. The quantitative estimate of drug-likeness (QED) is 0.761. The smallest absolute Gasteiger partial charge is 0.345 e. The summed E-state index contributed by atoms with van der Waals surface area (Å²) < 4.78 is 10.4. The zero-order valence-corrected chi connectivity index (χ0v) is 9.89. The first kappa shape index (κ1) is 11.0. The topological polar surface area (TPSA) is 52.3 Å². The van der Waals surface area contributed by atoms with E-state index in [0.29, 0.717) is 5.56 Å². The third-order valence-corrected chi connectivity index (χ3v) is 3.12. The first-order valence-electron chi connectivity index (χ1n) is 6.09. The largest absolute Gasteiger partial charge is 0.387 e. The van der Waals surface area contributed by atoms with Gasteiger partial charge in [0, 0.05) is 0 Å². The second-order valence-corrected chi connectivity index (χ2v) is 4.36. The van der Waals surface area contributed by atoms with Crippen LogP contribution in [0.3, 0.4) is 0 Å². The summed E-state index contributed by atoms with van der Waals surface area (Å²) in [5.41, 5.74) is 2.39. The SMILES string of the molecule is O=C(Oc1onc2c1CCCC2)c1ccccc1. The highest BCUT2D eigenvalue weighted by Gasteiger charge is 2.22. The minimum Gasteiger partial charge on any atom is -0.387 e. The molecule has 4 nitrogen and oxygen atoms in total. The van der Waals surface area contributed by atoms with Crippen LogP contribution in [-0.4, -0.2) is 11.1 Å². The Labute approximate surface area is 105 Å². The standard InChI is InChI=1S/C14H13NO3/c16-13(10-6-2-1-3-7-10)17-14-11-8-4-5-9-12(11)15-18-14/h1-3,6-7H,4-5,8-9H2. The van der Waals surface area contributed by atoms with Gasteiger partial charge in [0.15, 0.2) is 0 Å². The van der Waals surface area contributed by atoms with E-state index in [1.807, 2.05) is 6.07 Å². The summed E-state index contributed by atoms with van der Waals surface area (Å²) in [6.07, 6.45) is 3.98. The van der Waals surface area contributed by atoms with E-state index in [0.717, 1.165) is 36.9 Å². The van der Waals surface area contributed by atoms with Crippen molar-refractivity contribution in [2.75, 3.05) is 0 Å². The van der Waals surface area contributed by atoms with Crippen molar-refractivity contribution in [1.82, 2.24) is 5.16 Å². The van der Waals surface area contributed by atoms with Gasteiger partial charge in [-0.3, -0.25) is 0 Å². The number of aromatic nitrogens is 1. The van der Waals surface area contributed by atoms with Gasteiger partial charge in [0.2, 0.25) is 0 Å². The molecule has 0 atom stereocenters. The molecule has 0 bridgehead atoms. The molecule has 0 saturated heterocycles. The number of hydrogen-bond acceptors (Lipinski definition) is 4. The zero-order valence-electron chi connectivity index (χ0n) is 9.89. The lowest BCUT2D eigenvalue weighted by Crippen LogP contribution is -2.10. The highest BCUT2D eigenvalue weighted by molar-refractivity contribution is 5.90. The van der Waals surface area contributed by atoms with Crippen LogP contribution in [0.25, 0.3) is 0 Å². The number of carbonyl (C=O) groups is 1. The minimum absolute atomic E-state index is 0.263. The van der Waals surface area contributed by atoms with Crippen LogP contribution in [0.2, 0.25) is 0 Å². The Kier molecular flexibility index (Phi) is 2.84. The molecule has 92 valence electrons. The number of aryl methyl sites for hydroxylation is 1. The molecule has 1 heterocycles. The van der Waals surface area contributed by atoms with Gasteiger partial charge in [0.25, 0.3) is 0 Å². The third kappa shape index (κ3) is 2.01. The lowest BCUT2D eigenvalue weighted by molar-refractivity contribution is 0.0677. The number of rotatable bonds is 2. The predicted octanol–water partition coefficient (Wildman–Crippen LogP) is 2.77. The second-order valence-electron chi connectivity index (χ2n) is 4.36. The minimum atomic E-state index is -0.403. The average molecular weight is 243 g/mol. The number of hydrogen-bond donors (Lipinski definition) is 0. The fraction of sp³-hybridized carbons (Fsp3) is 0.286. The highest BCUT2D eigenvalue weighted by atomic mass is 16.7. The molecule has 3 rings (SSSR count). The van der Waals surface area contributed by atoms with Crippen LogP contribution < -0.4 is 4.74 Å².